The van der Waals surface area contributed by atoms with Crippen molar-refractivity contribution in [3.05, 3.63) is 94.8 Å². The third kappa shape index (κ3) is 4.88. The second-order valence-electron chi connectivity index (χ2n) is 5.91. The lowest BCUT2D eigenvalue weighted by Gasteiger charge is -2.10. The highest BCUT2D eigenvalue weighted by atomic mass is 35.5. The highest BCUT2D eigenvalue weighted by molar-refractivity contribution is 7.92. The maximum atomic E-state index is 13.0. The van der Waals surface area contributed by atoms with Crippen LogP contribution in [0, 0.1) is 5.82 Å². The first-order chi connectivity index (χ1) is 13.3. The summed E-state index contributed by atoms with van der Waals surface area (Å²) in [7, 11) is -3.85. The zero-order chi connectivity index (χ0) is 20.1. The van der Waals surface area contributed by atoms with Crippen LogP contribution in [0.2, 0.25) is 5.02 Å². The molecule has 0 atom stereocenters. The first-order valence-electron chi connectivity index (χ1n) is 8.25. The Bertz CT molecular complexity index is 1090. The number of amides is 1. The second-order valence-corrected chi connectivity index (χ2v) is 8.00. The van der Waals surface area contributed by atoms with E-state index >= 15 is 0 Å². The van der Waals surface area contributed by atoms with Crippen LogP contribution in [-0.4, -0.2) is 14.3 Å². The molecular weight excluding hydrogens is 403 g/mol. The minimum atomic E-state index is -3.85. The number of rotatable bonds is 6. The number of hydrogen-bond donors (Lipinski definition) is 2. The van der Waals surface area contributed by atoms with Crippen molar-refractivity contribution >= 4 is 33.2 Å². The molecule has 0 bridgehead atoms. The Morgan fingerprint density at radius 3 is 2.21 bits per heavy atom. The summed E-state index contributed by atoms with van der Waals surface area (Å²) in [6.45, 7) is 0.275. The molecule has 0 spiro atoms. The van der Waals surface area contributed by atoms with E-state index in [4.69, 9.17) is 11.6 Å². The van der Waals surface area contributed by atoms with Gasteiger partial charge in [0.25, 0.3) is 15.9 Å². The minimum Gasteiger partial charge on any atom is -0.348 e. The average molecular weight is 419 g/mol. The predicted molar refractivity (Wildman–Crippen MR) is 106 cm³/mol. The van der Waals surface area contributed by atoms with Crippen LogP contribution in [0.5, 0.6) is 0 Å². The van der Waals surface area contributed by atoms with Crippen LogP contribution in [0.4, 0.5) is 10.1 Å². The summed E-state index contributed by atoms with van der Waals surface area (Å²) >= 11 is 6.06. The zero-order valence-electron chi connectivity index (χ0n) is 14.5. The third-order valence-corrected chi connectivity index (χ3v) is 5.69. The number of hydrogen-bond acceptors (Lipinski definition) is 3. The number of sulfonamides is 1. The summed E-state index contributed by atoms with van der Waals surface area (Å²) in [6.07, 6.45) is 0. The molecule has 0 aliphatic rings. The first-order valence-corrected chi connectivity index (χ1v) is 10.1. The van der Waals surface area contributed by atoms with Crippen LogP contribution >= 0.6 is 11.6 Å². The van der Waals surface area contributed by atoms with Crippen LogP contribution in [0.1, 0.15) is 15.9 Å². The van der Waals surface area contributed by atoms with E-state index in [1.807, 2.05) is 12.1 Å². The van der Waals surface area contributed by atoms with Gasteiger partial charge in [0.2, 0.25) is 0 Å². The fourth-order valence-corrected chi connectivity index (χ4v) is 3.70. The number of carbonyl (C=O) groups excluding carboxylic acids is 1. The molecule has 0 fully saturated rings. The quantitative estimate of drug-likeness (QED) is 0.629. The lowest BCUT2D eigenvalue weighted by Crippen LogP contribution is -2.23. The molecule has 0 aliphatic heterocycles. The van der Waals surface area contributed by atoms with Crippen molar-refractivity contribution in [2.45, 2.75) is 11.4 Å². The molecule has 3 rings (SSSR count). The van der Waals surface area contributed by atoms with Crippen molar-refractivity contribution in [1.29, 1.82) is 0 Å². The smallest absolute Gasteiger partial charge is 0.261 e. The Morgan fingerprint density at radius 1 is 0.929 bits per heavy atom. The van der Waals surface area contributed by atoms with Gasteiger partial charge in [-0.25, -0.2) is 12.8 Å². The highest BCUT2D eigenvalue weighted by Gasteiger charge is 2.14. The molecule has 3 aromatic rings. The molecule has 144 valence electrons. The molecule has 0 radical (unpaired) electrons. The summed E-state index contributed by atoms with van der Waals surface area (Å²) in [5.41, 5.74) is 1.45. The number of benzene rings is 3. The molecule has 28 heavy (non-hydrogen) atoms. The maximum absolute atomic E-state index is 13.0. The van der Waals surface area contributed by atoms with E-state index in [1.165, 1.54) is 36.4 Å². The van der Waals surface area contributed by atoms with Gasteiger partial charge in [-0.15, -0.1) is 0 Å². The van der Waals surface area contributed by atoms with Crippen molar-refractivity contribution in [3.8, 4) is 0 Å². The molecule has 2 N–H and O–H groups in total. The zero-order valence-corrected chi connectivity index (χ0v) is 16.1. The Kier molecular flexibility index (Phi) is 5.96. The summed E-state index contributed by atoms with van der Waals surface area (Å²) in [5, 5.41) is 3.32. The van der Waals surface area contributed by atoms with E-state index < -0.39 is 15.8 Å². The average Bonchev–Trinajstić information content (AvgIpc) is 2.68. The van der Waals surface area contributed by atoms with Gasteiger partial charge < -0.3 is 5.32 Å². The van der Waals surface area contributed by atoms with Crippen LogP contribution in [-0.2, 0) is 16.6 Å². The monoisotopic (exact) mass is 418 g/mol. The summed E-state index contributed by atoms with van der Waals surface area (Å²) in [4.78, 5) is 12.2. The molecule has 0 unspecified atom stereocenters. The summed E-state index contributed by atoms with van der Waals surface area (Å²) in [6, 6.07) is 17.6. The molecule has 0 saturated heterocycles. The summed E-state index contributed by atoms with van der Waals surface area (Å²) in [5.74, 6) is -0.834. The molecule has 0 saturated carbocycles. The van der Waals surface area contributed by atoms with Gasteiger partial charge in [-0.1, -0.05) is 29.8 Å². The number of nitrogens with one attached hydrogen (secondary N) is 2. The van der Waals surface area contributed by atoms with Gasteiger partial charge in [0.1, 0.15) is 5.82 Å². The maximum Gasteiger partial charge on any atom is 0.261 e. The van der Waals surface area contributed by atoms with E-state index in [1.54, 1.807) is 12.1 Å². The fourth-order valence-electron chi connectivity index (χ4n) is 2.44. The molecule has 3 aromatic carbocycles. The van der Waals surface area contributed by atoms with Crippen molar-refractivity contribution in [2.75, 3.05) is 4.72 Å². The largest absolute Gasteiger partial charge is 0.348 e. The van der Waals surface area contributed by atoms with Gasteiger partial charge in [-0.3, -0.25) is 9.52 Å². The molecule has 1 amide bonds. The van der Waals surface area contributed by atoms with Gasteiger partial charge in [0, 0.05) is 22.8 Å². The highest BCUT2D eigenvalue weighted by Crippen LogP contribution is 2.18. The van der Waals surface area contributed by atoms with Gasteiger partial charge in [0.05, 0.1) is 4.90 Å². The van der Waals surface area contributed by atoms with Crippen LogP contribution in [0.25, 0.3) is 0 Å². The van der Waals surface area contributed by atoms with Gasteiger partial charge in [-0.2, -0.15) is 0 Å². The van der Waals surface area contributed by atoms with Crippen LogP contribution < -0.4 is 10.0 Å². The Morgan fingerprint density at radius 2 is 1.57 bits per heavy atom. The Balaban J connectivity index is 1.65. The van der Waals surface area contributed by atoms with Gasteiger partial charge in [-0.05, 0) is 60.2 Å². The lowest BCUT2D eigenvalue weighted by atomic mass is 10.2. The standard InChI is InChI=1S/C20H16ClFN2O3S/c21-19-4-2-1-3-15(19)13-23-20(25)14-5-9-17(10-6-14)24-28(26,27)18-11-7-16(22)8-12-18/h1-12,24H,13H2,(H,23,25). The van der Waals surface area contributed by atoms with Crippen molar-refractivity contribution in [3.63, 3.8) is 0 Å². The second kappa shape index (κ2) is 8.41. The van der Waals surface area contributed by atoms with Crippen molar-refractivity contribution in [2.24, 2.45) is 0 Å². The van der Waals surface area contributed by atoms with E-state index in [-0.39, 0.29) is 23.0 Å². The van der Waals surface area contributed by atoms with Gasteiger partial charge >= 0.3 is 0 Å². The van der Waals surface area contributed by atoms with E-state index in [2.05, 4.69) is 10.0 Å². The SMILES string of the molecule is O=C(NCc1ccccc1Cl)c1ccc(NS(=O)(=O)c2ccc(F)cc2)cc1. The molecule has 0 aliphatic carbocycles. The fraction of sp³-hybridized carbons (Fsp3) is 0.0500. The van der Waals surface area contributed by atoms with E-state index in [9.17, 15) is 17.6 Å². The molecular formula is C20H16ClFN2O3S. The number of carbonyl (C=O) groups is 1. The molecule has 0 heterocycles. The minimum absolute atomic E-state index is 0.0598. The third-order valence-electron chi connectivity index (χ3n) is 3.92. The Labute approximate surface area is 167 Å². The van der Waals surface area contributed by atoms with E-state index in [0.29, 0.717) is 10.6 Å². The summed E-state index contributed by atoms with van der Waals surface area (Å²) < 4.78 is 39.9. The van der Waals surface area contributed by atoms with Crippen molar-refractivity contribution < 1.29 is 17.6 Å². The molecule has 0 aromatic heterocycles. The van der Waals surface area contributed by atoms with Crippen LogP contribution in [0.3, 0.4) is 0 Å². The Hall–Kier alpha value is -2.90. The van der Waals surface area contributed by atoms with Crippen molar-refractivity contribution in [1.82, 2.24) is 5.32 Å². The first kappa shape index (κ1) is 19.9. The topological polar surface area (TPSA) is 75.3 Å². The van der Waals surface area contributed by atoms with Gasteiger partial charge in [0.15, 0.2) is 0 Å². The molecule has 5 nitrogen and oxygen atoms in total. The lowest BCUT2D eigenvalue weighted by molar-refractivity contribution is 0.0951. The molecule has 8 heteroatoms. The van der Waals surface area contributed by atoms with Crippen LogP contribution in [0.15, 0.2) is 77.7 Å². The predicted octanol–water partition coefficient (Wildman–Crippen LogP) is 4.21. The normalized spacial score (nSPS) is 11.1. The van der Waals surface area contributed by atoms with E-state index in [0.717, 1.165) is 17.7 Å². The number of anilines is 1. The number of halogens is 2.